The molecule has 0 unspecified atom stereocenters. The molecule has 0 aliphatic carbocycles. The van der Waals surface area contributed by atoms with Gasteiger partial charge in [-0.05, 0) is 25.0 Å². The number of likely N-dealkylation sites (tertiary alicyclic amines) is 1. The van der Waals surface area contributed by atoms with Crippen molar-refractivity contribution in [2.45, 2.75) is 17.7 Å². The third kappa shape index (κ3) is 6.51. The summed E-state index contributed by atoms with van der Waals surface area (Å²) >= 11 is 1.83. The van der Waals surface area contributed by atoms with E-state index in [9.17, 15) is 4.79 Å². The second-order valence-corrected chi connectivity index (χ2v) is 6.59. The van der Waals surface area contributed by atoms with Crippen LogP contribution in [-0.4, -0.2) is 56.4 Å². The van der Waals surface area contributed by atoms with E-state index in [0.29, 0.717) is 0 Å². The maximum absolute atomic E-state index is 11.6. The number of methoxy groups -OCH3 is 1. The van der Waals surface area contributed by atoms with E-state index in [0.717, 1.165) is 44.2 Å². The van der Waals surface area contributed by atoms with Gasteiger partial charge in [-0.25, -0.2) is 0 Å². The smallest absolute Gasteiger partial charge is 0.308 e. The Morgan fingerprint density at radius 2 is 2.00 bits per heavy atom. The number of nitrogens with one attached hydrogen (secondary N) is 1. The maximum atomic E-state index is 11.6. The molecule has 0 atom stereocenters. The van der Waals surface area contributed by atoms with Crippen LogP contribution in [-0.2, 0) is 9.53 Å². The number of carbonyl (C=O) groups excluding carboxylic acids is 1. The Morgan fingerprint density at radius 3 is 2.58 bits per heavy atom. The van der Waals surface area contributed by atoms with Crippen LogP contribution < -0.4 is 5.32 Å². The lowest BCUT2D eigenvalue weighted by Crippen LogP contribution is -2.47. The van der Waals surface area contributed by atoms with E-state index >= 15 is 0 Å². The number of nitrogens with zero attached hydrogens (tertiary/aromatic N) is 2. The molecule has 1 heterocycles. The average molecular weight is 463 g/mol. The van der Waals surface area contributed by atoms with Gasteiger partial charge in [0.05, 0.1) is 13.0 Å². The number of carbonyl (C=O) groups is 1. The quantitative estimate of drug-likeness (QED) is 0.182. The fourth-order valence-corrected chi connectivity index (χ4v) is 3.46. The van der Waals surface area contributed by atoms with Gasteiger partial charge in [-0.2, -0.15) is 0 Å². The first-order chi connectivity index (χ1) is 11.2. The van der Waals surface area contributed by atoms with Crippen molar-refractivity contribution in [2.75, 3.05) is 39.5 Å². The number of esters is 1. The summed E-state index contributed by atoms with van der Waals surface area (Å²) in [6, 6.07) is 10.4. The summed E-state index contributed by atoms with van der Waals surface area (Å²) in [5.41, 5.74) is 0. The Morgan fingerprint density at radius 1 is 1.33 bits per heavy atom. The number of aliphatic imine (C=N–C) groups is 1. The molecule has 1 aromatic rings. The van der Waals surface area contributed by atoms with Crippen molar-refractivity contribution in [3.05, 3.63) is 30.3 Å². The van der Waals surface area contributed by atoms with Gasteiger partial charge in [0.25, 0.3) is 0 Å². The first-order valence-corrected chi connectivity index (χ1v) is 8.94. The second kappa shape index (κ2) is 11.6. The van der Waals surface area contributed by atoms with E-state index in [1.54, 1.807) is 7.05 Å². The minimum atomic E-state index is -0.0909. The summed E-state index contributed by atoms with van der Waals surface area (Å²) < 4.78 is 4.83. The van der Waals surface area contributed by atoms with E-state index in [4.69, 9.17) is 4.74 Å². The third-order valence-corrected chi connectivity index (χ3v) is 4.95. The number of hydrogen-bond donors (Lipinski definition) is 1. The van der Waals surface area contributed by atoms with Crippen molar-refractivity contribution in [1.29, 1.82) is 0 Å². The Bertz CT molecular complexity index is 520. The third-order valence-electron chi connectivity index (χ3n) is 3.94. The van der Waals surface area contributed by atoms with Gasteiger partial charge >= 0.3 is 5.97 Å². The van der Waals surface area contributed by atoms with Crippen LogP contribution in [0, 0.1) is 5.92 Å². The number of guanidine groups is 1. The number of piperidine rings is 1. The molecule has 0 amide bonds. The number of halogens is 1. The number of hydrogen-bond acceptors (Lipinski definition) is 4. The zero-order valence-corrected chi connectivity index (χ0v) is 17.4. The van der Waals surface area contributed by atoms with Crippen LogP contribution in [0.2, 0.25) is 0 Å². The van der Waals surface area contributed by atoms with Crippen LogP contribution in [0.4, 0.5) is 0 Å². The number of rotatable bonds is 5. The summed E-state index contributed by atoms with van der Waals surface area (Å²) in [6.45, 7) is 2.54. The maximum Gasteiger partial charge on any atom is 0.308 e. The van der Waals surface area contributed by atoms with Crippen LogP contribution >= 0.6 is 35.7 Å². The van der Waals surface area contributed by atoms with E-state index in [2.05, 4.69) is 39.5 Å². The standard InChI is InChI=1S/C17H25N3O2S.HI/c1-18-17(19-10-13-23-15-6-4-3-5-7-15)20-11-8-14(9-12-20)16(21)22-2;/h3-7,14H,8-13H2,1-2H3,(H,18,19);1H. The number of thioether (sulfide) groups is 1. The van der Waals surface area contributed by atoms with Crippen molar-refractivity contribution in [1.82, 2.24) is 10.2 Å². The molecule has 2 rings (SSSR count). The molecule has 0 saturated carbocycles. The zero-order chi connectivity index (χ0) is 16.5. The molecular formula is C17H26IN3O2S. The molecule has 1 aliphatic heterocycles. The molecule has 0 radical (unpaired) electrons. The largest absolute Gasteiger partial charge is 0.469 e. The van der Waals surface area contributed by atoms with Crippen LogP contribution in [0.1, 0.15) is 12.8 Å². The van der Waals surface area contributed by atoms with Crippen molar-refractivity contribution in [2.24, 2.45) is 10.9 Å². The molecule has 5 nitrogen and oxygen atoms in total. The number of ether oxygens (including phenoxy) is 1. The highest BCUT2D eigenvalue weighted by Crippen LogP contribution is 2.19. The molecule has 134 valence electrons. The van der Waals surface area contributed by atoms with Crippen LogP contribution in [0.3, 0.4) is 0 Å². The summed E-state index contributed by atoms with van der Waals surface area (Å²) in [5, 5.41) is 3.41. The zero-order valence-electron chi connectivity index (χ0n) is 14.2. The van der Waals surface area contributed by atoms with Gasteiger partial charge in [-0.3, -0.25) is 9.79 Å². The lowest BCUT2D eigenvalue weighted by molar-refractivity contribution is -0.146. The predicted octanol–water partition coefficient (Wildman–Crippen LogP) is 2.86. The van der Waals surface area contributed by atoms with E-state index in [1.807, 2.05) is 17.8 Å². The molecule has 1 aliphatic rings. The molecular weight excluding hydrogens is 437 g/mol. The van der Waals surface area contributed by atoms with Gasteiger partial charge in [0.2, 0.25) is 0 Å². The Hall–Kier alpha value is -0.960. The molecule has 0 spiro atoms. The Kier molecular flexibility index (Phi) is 10.2. The highest BCUT2D eigenvalue weighted by molar-refractivity contribution is 14.0. The highest BCUT2D eigenvalue weighted by atomic mass is 127. The van der Waals surface area contributed by atoms with Gasteiger partial charge in [-0.15, -0.1) is 35.7 Å². The summed E-state index contributed by atoms with van der Waals surface area (Å²) in [4.78, 5) is 19.4. The minimum absolute atomic E-state index is 0. The molecule has 1 aromatic carbocycles. The summed E-state index contributed by atoms with van der Waals surface area (Å²) in [5.74, 6) is 1.85. The van der Waals surface area contributed by atoms with Crippen molar-refractivity contribution in [3.63, 3.8) is 0 Å². The molecule has 0 aromatic heterocycles. The minimum Gasteiger partial charge on any atom is -0.469 e. The Labute approximate surface area is 165 Å². The van der Waals surface area contributed by atoms with Crippen molar-refractivity contribution in [3.8, 4) is 0 Å². The lowest BCUT2D eigenvalue weighted by Gasteiger charge is -2.33. The molecule has 1 fully saturated rings. The van der Waals surface area contributed by atoms with Gasteiger partial charge in [0, 0.05) is 37.3 Å². The van der Waals surface area contributed by atoms with Crippen LogP contribution in [0.5, 0.6) is 0 Å². The normalized spacial score (nSPS) is 15.6. The first-order valence-electron chi connectivity index (χ1n) is 7.96. The Balaban J connectivity index is 0.00000288. The van der Waals surface area contributed by atoms with Crippen molar-refractivity contribution >= 4 is 47.7 Å². The molecule has 1 N–H and O–H groups in total. The summed E-state index contributed by atoms with van der Waals surface area (Å²) in [6.07, 6.45) is 1.65. The average Bonchev–Trinajstić information content (AvgIpc) is 2.62. The van der Waals surface area contributed by atoms with Crippen LogP contribution in [0.25, 0.3) is 0 Å². The predicted molar refractivity (Wildman–Crippen MR) is 110 cm³/mol. The van der Waals surface area contributed by atoms with E-state index in [1.165, 1.54) is 12.0 Å². The van der Waals surface area contributed by atoms with E-state index < -0.39 is 0 Å². The van der Waals surface area contributed by atoms with E-state index in [-0.39, 0.29) is 35.9 Å². The summed E-state index contributed by atoms with van der Waals surface area (Å²) in [7, 11) is 3.26. The number of benzene rings is 1. The second-order valence-electron chi connectivity index (χ2n) is 5.42. The van der Waals surface area contributed by atoms with Gasteiger partial charge in [0.1, 0.15) is 0 Å². The first kappa shape index (κ1) is 21.1. The fourth-order valence-electron chi connectivity index (χ4n) is 2.67. The molecule has 7 heteroatoms. The topological polar surface area (TPSA) is 53.9 Å². The lowest BCUT2D eigenvalue weighted by atomic mass is 9.97. The molecule has 24 heavy (non-hydrogen) atoms. The molecule has 0 bridgehead atoms. The monoisotopic (exact) mass is 463 g/mol. The van der Waals surface area contributed by atoms with Gasteiger partial charge in [0.15, 0.2) is 5.96 Å². The SMILES string of the molecule is CN=C(NCCSc1ccccc1)N1CCC(C(=O)OC)CC1.I. The molecule has 1 saturated heterocycles. The fraction of sp³-hybridized carbons (Fsp3) is 0.529. The van der Waals surface area contributed by atoms with Gasteiger partial charge < -0.3 is 15.0 Å². The van der Waals surface area contributed by atoms with Crippen molar-refractivity contribution < 1.29 is 9.53 Å². The highest BCUT2D eigenvalue weighted by Gasteiger charge is 2.26. The van der Waals surface area contributed by atoms with Crippen LogP contribution in [0.15, 0.2) is 40.2 Å². The van der Waals surface area contributed by atoms with Gasteiger partial charge in [-0.1, -0.05) is 18.2 Å².